The zero-order valence-corrected chi connectivity index (χ0v) is 14.3. The molecule has 1 amide bonds. The lowest BCUT2D eigenvalue weighted by Crippen LogP contribution is -2.44. The molecule has 0 radical (unpaired) electrons. The molecule has 9 heteroatoms. The lowest BCUT2D eigenvalue weighted by atomic mass is 10.0. The molecule has 0 aliphatic rings. The Morgan fingerprint density at radius 1 is 1.19 bits per heavy atom. The second kappa shape index (κ2) is 9.33. The molecule has 144 valence electrons. The molecule has 0 saturated carbocycles. The maximum Gasteiger partial charge on any atom is 0.416 e. The van der Waals surface area contributed by atoms with E-state index in [0.717, 1.165) is 31.4 Å². The number of halogens is 3. The van der Waals surface area contributed by atoms with Crippen molar-refractivity contribution >= 4 is 17.7 Å². The van der Waals surface area contributed by atoms with Crippen LogP contribution < -0.4 is 5.32 Å². The number of benzene rings is 1. The number of amides is 1. The fourth-order valence-corrected chi connectivity index (χ4v) is 2.13. The molecule has 1 rings (SSSR count). The lowest BCUT2D eigenvalue weighted by molar-refractivity contribution is -0.146. The van der Waals surface area contributed by atoms with Gasteiger partial charge in [-0.2, -0.15) is 13.2 Å². The van der Waals surface area contributed by atoms with Crippen molar-refractivity contribution in [1.29, 1.82) is 0 Å². The Morgan fingerprint density at radius 3 is 2.23 bits per heavy atom. The van der Waals surface area contributed by atoms with Crippen LogP contribution in [0, 0.1) is 0 Å². The number of ether oxygens (including phenoxy) is 1. The van der Waals surface area contributed by atoms with Gasteiger partial charge in [-0.15, -0.1) is 0 Å². The average Bonchev–Trinajstić information content (AvgIpc) is 2.62. The fraction of sp³-hybridized carbons (Fsp3) is 0.471. The minimum atomic E-state index is -4.53. The van der Waals surface area contributed by atoms with Crippen molar-refractivity contribution in [2.45, 2.75) is 44.5 Å². The number of rotatable bonds is 8. The van der Waals surface area contributed by atoms with Gasteiger partial charge in [-0.25, -0.2) is 4.79 Å². The zero-order valence-electron chi connectivity index (χ0n) is 14.3. The Hall–Kier alpha value is -2.42. The Balaban J connectivity index is 2.81. The maximum atomic E-state index is 12.5. The third-order valence-corrected chi connectivity index (χ3v) is 3.71. The summed E-state index contributed by atoms with van der Waals surface area (Å²) in [6, 6.07) is 2.28. The van der Waals surface area contributed by atoms with E-state index in [9.17, 15) is 32.7 Å². The van der Waals surface area contributed by atoms with Gasteiger partial charge in [0.25, 0.3) is 5.91 Å². The molecular weight excluding hydrogens is 355 g/mol. The minimum Gasteiger partial charge on any atom is -0.467 e. The van der Waals surface area contributed by atoms with Crippen molar-refractivity contribution in [2.75, 3.05) is 7.11 Å². The van der Waals surface area contributed by atoms with Gasteiger partial charge in [0, 0.05) is 12.8 Å². The number of Topliss-reactive ketones (excluding diaryl/α,β-unsaturated/α-hetero) is 1. The summed E-state index contributed by atoms with van der Waals surface area (Å²) in [4.78, 5) is 35.2. The van der Waals surface area contributed by atoms with Gasteiger partial charge in [0.15, 0.2) is 6.10 Å². The van der Waals surface area contributed by atoms with Crippen molar-refractivity contribution in [3.8, 4) is 0 Å². The molecule has 0 fully saturated rings. The summed E-state index contributed by atoms with van der Waals surface area (Å²) in [7, 11) is 1.11. The molecule has 0 spiro atoms. The van der Waals surface area contributed by atoms with E-state index >= 15 is 0 Å². The normalized spacial score (nSPS) is 13.6. The first-order valence-electron chi connectivity index (χ1n) is 7.85. The maximum absolute atomic E-state index is 12.5. The monoisotopic (exact) mass is 375 g/mol. The number of nitrogens with one attached hydrogen (secondary N) is 1. The van der Waals surface area contributed by atoms with Crippen LogP contribution in [0.1, 0.15) is 43.4 Å². The first-order valence-corrected chi connectivity index (χ1v) is 7.85. The van der Waals surface area contributed by atoms with Crippen molar-refractivity contribution in [2.24, 2.45) is 0 Å². The predicted molar refractivity (Wildman–Crippen MR) is 84.9 cm³/mol. The van der Waals surface area contributed by atoms with Gasteiger partial charge in [-0.3, -0.25) is 9.59 Å². The molecule has 0 aliphatic carbocycles. The van der Waals surface area contributed by atoms with Gasteiger partial charge in [0.1, 0.15) is 11.8 Å². The standard InChI is InChI=1S/C17H20F3NO5/c1-3-12(22)8-9-13(16(25)26-2)21-15(24)14(23)10-4-6-11(7-5-10)17(18,19)20/h4-7,13-14,23H,3,8-9H2,1-2H3,(H,21,24)/t13-,14+/m1/s1. The molecule has 6 nitrogen and oxygen atoms in total. The Bertz CT molecular complexity index is 643. The number of carbonyl (C=O) groups is 3. The average molecular weight is 375 g/mol. The van der Waals surface area contributed by atoms with Crippen molar-refractivity contribution < 1.29 is 37.4 Å². The van der Waals surface area contributed by atoms with Gasteiger partial charge in [0.05, 0.1) is 12.7 Å². The first kappa shape index (κ1) is 21.6. The fourth-order valence-electron chi connectivity index (χ4n) is 2.13. The van der Waals surface area contributed by atoms with E-state index in [0.29, 0.717) is 0 Å². The highest BCUT2D eigenvalue weighted by atomic mass is 19.4. The Morgan fingerprint density at radius 2 is 1.77 bits per heavy atom. The number of aliphatic hydroxyl groups excluding tert-OH is 1. The topological polar surface area (TPSA) is 92.7 Å². The number of methoxy groups -OCH3 is 1. The molecule has 26 heavy (non-hydrogen) atoms. The number of aliphatic hydroxyl groups is 1. The highest BCUT2D eigenvalue weighted by molar-refractivity contribution is 5.88. The summed E-state index contributed by atoms with van der Waals surface area (Å²) in [5.74, 6) is -1.89. The number of esters is 1. The van der Waals surface area contributed by atoms with Crippen molar-refractivity contribution in [3.05, 3.63) is 35.4 Å². The summed E-state index contributed by atoms with van der Waals surface area (Å²) in [6.45, 7) is 1.66. The first-order chi connectivity index (χ1) is 12.1. The van der Waals surface area contributed by atoms with Gasteiger partial charge >= 0.3 is 12.1 Å². The molecule has 0 bridgehead atoms. The molecule has 1 aromatic rings. The SMILES string of the molecule is CCC(=O)CC[C@@H](NC(=O)[C@@H](O)c1ccc(C(F)(F)F)cc1)C(=O)OC. The molecule has 0 heterocycles. The van der Waals surface area contributed by atoms with Crippen molar-refractivity contribution in [3.63, 3.8) is 0 Å². The van der Waals surface area contributed by atoms with E-state index < -0.39 is 35.8 Å². The van der Waals surface area contributed by atoms with Crippen LogP contribution in [0.15, 0.2) is 24.3 Å². The Labute approximate surface area is 148 Å². The van der Waals surface area contributed by atoms with E-state index in [1.54, 1.807) is 6.92 Å². The van der Waals surface area contributed by atoms with Crippen LogP contribution >= 0.6 is 0 Å². The zero-order chi connectivity index (χ0) is 19.9. The molecule has 0 saturated heterocycles. The highest BCUT2D eigenvalue weighted by Gasteiger charge is 2.31. The smallest absolute Gasteiger partial charge is 0.416 e. The van der Waals surface area contributed by atoms with E-state index in [4.69, 9.17) is 0 Å². The molecule has 0 aromatic heterocycles. The van der Waals surface area contributed by atoms with Gasteiger partial charge in [-0.05, 0) is 24.1 Å². The predicted octanol–water partition coefficient (Wildman–Crippen LogP) is 2.16. The van der Waals surface area contributed by atoms with Crippen LogP contribution in [0.3, 0.4) is 0 Å². The lowest BCUT2D eigenvalue weighted by Gasteiger charge is -2.19. The highest BCUT2D eigenvalue weighted by Crippen LogP contribution is 2.30. The summed E-state index contributed by atoms with van der Waals surface area (Å²) < 4.78 is 42.2. The van der Waals surface area contributed by atoms with Crippen LogP contribution in [0.25, 0.3) is 0 Å². The van der Waals surface area contributed by atoms with Crippen LogP contribution in [0.4, 0.5) is 13.2 Å². The van der Waals surface area contributed by atoms with Crippen LogP contribution in [-0.2, 0) is 25.3 Å². The molecule has 2 atom stereocenters. The number of carbonyl (C=O) groups excluding carboxylic acids is 3. The second-order valence-corrected chi connectivity index (χ2v) is 5.54. The summed E-state index contributed by atoms with van der Waals surface area (Å²) in [5.41, 5.74) is -0.983. The van der Waals surface area contributed by atoms with Crippen LogP contribution in [-0.4, -0.2) is 35.9 Å². The Kier molecular flexibility index (Phi) is 7.76. The summed E-state index contributed by atoms with van der Waals surface area (Å²) in [6.07, 6.45) is -6.01. The van der Waals surface area contributed by atoms with Gasteiger partial charge in [0.2, 0.25) is 0 Å². The molecule has 1 aromatic carbocycles. The van der Waals surface area contributed by atoms with E-state index in [1.165, 1.54) is 0 Å². The number of ketones is 1. The quantitative estimate of drug-likeness (QED) is 0.680. The third kappa shape index (κ3) is 6.14. The largest absolute Gasteiger partial charge is 0.467 e. The number of alkyl halides is 3. The van der Waals surface area contributed by atoms with Crippen LogP contribution in [0.5, 0.6) is 0 Å². The third-order valence-electron chi connectivity index (χ3n) is 3.71. The summed E-state index contributed by atoms with van der Waals surface area (Å²) >= 11 is 0. The second-order valence-electron chi connectivity index (χ2n) is 5.54. The van der Waals surface area contributed by atoms with Gasteiger partial charge < -0.3 is 15.2 Å². The number of hydrogen-bond acceptors (Lipinski definition) is 5. The van der Waals surface area contributed by atoms with Crippen LogP contribution in [0.2, 0.25) is 0 Å². The summed E-state index contributed by atoms with van der Waals surface area (Å²) in [5, 5.41) is 12.2. The minimum absolute atomic E-state index is 0.00911. The molecule has 2 N–H and O–H groups in total. The molecule has 0 unspecified atom stereocenters. The molecular formula is C17H20F3NO5. The van der Waals surface area contributed by atoms with E-state index in [2.05, 4.69) is 10.1 Å². The van der Waals surface area contributed by atoms with Gasteiger partial charge in [-0.1, -0.05) is 19.1 Å². The van der Waals surface area contributed by atoms with E-state index in [1.807, 2.05) is 0 Å². The number of hydrogen-bond donors (Lipinski definition) is 2. The van der Waals surface area contributed by atoms with E-state index in [-0.39, 0.29) is 30.6 Å². The van der Waals surface area contributed by atoms with Crippen molar-refractivity contribution in [1.82, 2.24) is 5.32 Å². The molecule has 0 aliphatic heterocycles.